The third kappa shape index (κ3) is 3.89. The predicted octanol–water partition coefficient (Wildman–Crippen LogP) is 4.69. The van der Waals surface area contributed by atoms with E-state index in [4.69, 9.17) is 24.7 Å². The number of hydrogen-bond donors (Lipinski definition) is 1. The first-order valence-electron chi connectivity index (χ1n) is 11.9. The molecule has 184 valence electrons. The highest BCUT2D eigenvalue weighted by Gasteiger charge is 2.70. The highest BCUT2D eigenvalue weighted by Crippen LogP contribution is 2.55. The van der Waals surface area contributed by atoms with E-state index in [-0.39, 0.29) is 12.2 Å². The maximum Gasteiger partial charge on any atom is 0.190 e. The van der Waals surface area contributed by atoms with Crippen molar-refractivity contribution >= 4 is 16.7 Å². The van der Waals surface area contributed by atoms with Crippen LogP contribution in [0.25, 0.3) is 10.9 Å². The molecule has 3 aromatic rings. The van der Waals surface area contributed by atoms with Crippen LogP contribution in [0, 0.1) is 11.7 Å². The number of rotatable bonds is 5. The molecular weight excluding hydrogens is 454 g/mol. The minimum absolute atomic E-state index is 0.153. The Morgan fingerprint density at radius 2 is 1.86 bits per heavy atom. The van der Waals surface area contributed by atoms with Gasteiger partial charge in [0.1, 0.15) is 17.9 Å². The summed E-state index contributed by atoms with van der Waals surface area (Å²) in [4.78, 5) is 4.15. The third-order valence-corrected chi connectivity index (χ3v) is 7.35. The number of nitrogens with zero attached hydrogens (tertiary/aromatic N) is 1. The van der Waals surface area contributed by atoms with Crippen LogP contribution in [-0.4, -0.2) is 41.0 Å². The third-order valence-electron chi connectivity index (χ3n) is 7.35. The summed E-state index contributed by atoms with van der Waals surface area (Å²) in [5, 5.41) is 0.639. The minimum Gasteiger partial charge on any atom is -0.381 e. The zero-order valence-electron chi connectivity index (χ0n) is 19.6. The van der Waals surface area contributed by atoms with E-state index in [9.17, 15) is 4.39 Å². The number of ether oxygens (including phenoxy) is 4. The van der Waals surface area contributed by atoms with Crippen molar-refractivity contribution in [2.24, 2.45) is 5.92 Å². The van der Waals surface area contributed by atoms with E-state index < -0.39 is 47.8 Å². The summed E-state index contributed by atoms with van der Waals surface area (Å²) < 4.78 is 54.5. The van der Waals surface area contributed by atoms with Gasteiger partial charge in [-0.05, 0) is 43.5 Å². The first-order valence-corrected chi connectivity index (χ1v) is 11.9. The number of pyridine rings is 1. The van der Waals surface area contributed by atoms with Crippen molar-refractivity contribution in [1.82, 2.24) is 4.98 Å². The summed E-state index contributed by atoms with van der Waals surface area (Å²) in [5.74, 6) is -2.02. The van der Waals surface area contributed by atoms with Crippen molar-refractivity contribution in [1.29, 1.82) is 0 Å². The fraction of sp³-hybridized carbons (Fsp3) is 0.444. The molecule has 1 saturated carbocycles. The summed E-state index contributed by atoms with van der Waals surface area (Å²) in [6, 6.07) is 16.6. The Balaban J connectivity index is 1.30. The molecule has 0 amide bonds. The molecule has 2 N–H and O–H groups in total. The van der Waals surface area contributed by atoms with Crippen LogP contribution in [0.15, 0.2) is 54.6 Å². The topological polar surface area (TPSA) is 75.8 Å². The number of hydrogen-bond acceptors (Lipinski definition) is 6. The Morgan fingerprint density at radius 3 is 2.66 bits per heavy atom. The van der Waals surface area contributed by atoms with Crippen molar-refractivity contribution in [3.05, 3.63) is 71.5 Å². The number of nitrogen functional groups attached to an aromatic ring is 1. The van der Waals surface area contributed by atoms with Crippen molar-refractivity contribution in [3.63, 3.8) is 0 Å². The van der Waals surface area contributed by atoms with Gasteiger partial charge in [0.05, 0.1) is 18.2 Å². The van der Waals surface area contributed by atoms with Gasteiger partial charge in [0, 0.05) is 17.7 Å². The van der Waals surface area contributed by atoms with E-state index >= 15 is 4.39 Å². The standard InChI is InChI=1S/C27H28F2N2O4/c1-26(2)34-23-25(35-26)33-22-18(10-16-8-9-17-12-19(28)24(30)31-21(17)11-16)20(29)13-27(22,23)32-14-15-6-4-3-5-7-15/h3-9,11-12,18,20,22-23,25H,10,13-14H2,1-2H3,(H2,30,31)/t18-,20-,22-,23?,25-,27-/m1/s1. The Morgan fingerprint density at radius 1 is 1.06 bits per heavy atom. The average molecular weight is 483 g/mol. The number of alkyl halides is 1. The summed E-state index contributed by atoms with van der Waals surface area (Å²) in [5.41, 5.74) is 7.11. The predicted molar refractivity (Wildman–Crippen MR) is 125 cm³/mol. The normalized spacial score (nSPS) is 33.2. The molecule has 2 aromatic carbocycles. The van der Waals surface area contributed by atoms with Crippen LogP contribution in [0.4, 0.5) is 14.6 Å². The van der Waals surface area contributed by atoms with Gasteiger partial charge in [-0.3, -0.25) is 0 Å². The number of fused-ring (bicyclic) bond motifs is 4. The van der Waals surface area contributed by atoms with Crippen LogP contribution in [0.1, 0.15) is 31.4 Å². The number of halogens is 2. The molecule has 1 aromatic heterocycles. The van der Waals surface area contributed by atoms with Gasteiger partial charge in [-0.2, -0.15) is 0 Å². The lowest BCUT2D eigenvalue weighted by Gasteiger charge is -2.34. The maximum atomic E-state index is 15.7. The van der Waals surface area contributed by atoms with Gasteiger partial charge >= 0.3 is 0 Å². The number of nitrogens with two attached hydrogens (primary N) is 1. The van der Waals surface area contributed by atoms with E-state index in [1.165, 1.54) is 6.07 Å². The first kappa shape index (κ1) is 22.8. The quantitative estimate of drug-likeness (QED) is 0.569. The molecule has 2 saturated heterocycles. The lowest BCUT2D eigenvalue weighted by molar-refractivity contribution is -0.237. The maximum absolute atomic E-state index is 15.7. The summed E-state index contributed by atoms with van der Waals surface area (Å²) in [6.45, 7) is 3.97. The van der Waals surface area contributed by atoms with Crippen LogP contribution in [0.3, 0.4) is 0 Å². The van der Waals surface area contributed by atoms with E-state index in [2.05, 4.69) is 4.98 Å². The monoisotopic (exact) mass is 482 g/mol. The summed E-state index contributed by atoms with van der Waals surface area (Å²) in [6.07, 6.45) is -2.31. The van der Waals surface area contributed by atoms with Gasteiger partial charge < -0.3 is 24.7 Å². The molecule has 0 bridgehead atoms. The highest BCUT2D eigenvalue weighted by atomic mass is 19.1. The first-order chi connectivity index (χ1) is 16.7. The lowest BCUT2D eigenvalue weighted by atomic mass is 9.89. The second-order valence-electron chi connectivity index (χ2n) is 10.2. The Labute approximate surface area is 202 Å². The SMILES string of the molecule is CC1(C)OC2[C@H](O[C@@H]3[C@H](Cc4ccc5cc(F)c(N)nc5c4)[C@H](F)C[C@]23OCc2ccccc2)O1. The van der Waals surface area contributed by atoms with Gasteiger partial charge in [-0.25, -0.2) is 13.8 Å². The Bertz CT molecular complexity index is 1260. The van der Waals surface area contributed by atoms with Crippen LogP contribution in [-0.2, 0) is 32.0 Å². The van der Waals surface area contributed by atoms with Crippen molar-refractivity contribution in [3.8, 4) is 0 Å². The summed E-state index contributed by atoms with van der Waals surface area (Å²) >= 11 is 0. The van der Waals surface area contributed by atoms with E-state index in [0.717, 1.165) is 11.1 Å². The molecule has 0 radical (unpaired) electrons. The molecule has 1 aliphatic carbocycles. The van der Waals surface area contributed by atoms with Crippen LogP contribution >= 0.6 is 0 Å². The Kier molecular flexibility index (Phi) is 5.34. The van der Waals surface area contributed by atoms with Gasteiger partial charge in [0.15, 0.2) is 23.7 Å². The molecule has 3 heterocycles. The average Bonchev–Trinajstić information content (AvgIpc) is 3.37. The van der Waals surface area contributed by atoms with Crippen molar-refractivity contribution in [2.75, 3.05) is 5.73 Å². The van der Waals surface area contributed by atoms with Crippen molar-refractivity contribution < 1.29 is 27.7 Å². The molecule has 2 aliphatic heterocycles. The van der Waals surface area contributed by atoms with E-state index in [0.29, 0.717) is 23.9 Å². The zero-order chi connectivity index (χ0) is 24.4. The van der Waals surface area contributed by atoms with Gasteiger partial charge in [0.2, 0.25) is 0 Å². The molecule has 3 fully saturated rings. The molecule has 35 heavy (non-hydrogen) atoms. The fourth-order valence-corrected chi connectivity index (χ4v) is 5.77. The lowest BCUT2D eigenvalue weighted by Crippen LogP contribution is -2.49. The molecule has 3 aliphatic rings. The molecule has 6 nitrogen and oxygen atoms in total. The fourth-order valence-electron chi connectivity index (χ4n) is 5.77. The number of benzene rings is 2. The second-order valence-corrected chi connectivity index (χ2v) is 10.2. The van der Waals surface area contributed by atoms with Crippen LogP contribution in [0.2, 0.25) is 0 Å². The number of anilines is 1. The molecular formula is C27H28F2N2O4. The van der Waals surface area contributed by atoms with Crippen LogP contribution < -0.4 is 5.73 Å². The molecule has 6 atom stereocenters. The zero-order valence-corrected chi connectivity index (χ0v) is 19.6. The Hall–Kier alpha value is -2.65. The molecule has 6 rings (SSSR count). The largest absolute Gasteiger partial charge is 0.381 e. The van der Waals surface area contributed by atoms with Gasteiger partial charge in [0.25, 0.3) is 0 Å². The molecule has 8 heteroatoms. The highest BCUT2D eigenvalue weighted by molar-refractivity contribution is 5.80. The summed E-state index contributed by atoms with van der Waals surface area (Å²) in [7, 11) is 0. The number of aromatic nitrogens is 1. The van der Waals surface area contributed by atoms with Crippen LogP contribution in [0.5, 0.6) is 0 Å². The smallest absolute Gasteiger partial charge is 0.190 e. The minimum atomic E-state index is -1.16. The van der Waals surface area contributed by atoms with E-state index in [1.807, 2.05) is 56.3 Å². The molecule has 0 spiro atoms. The van der Waals surface area contributed by atoms with Gasteiger partial charge in [-0.1, -0.05) is 42.5 Å². The van der Waals surface area contributed by atoms with Gasteiger partial charge in [-0.15, -0.1) is 0 Å². The van der Waals surface area contributed by atoms with Crippen molar-refractivity contribution in [2.45, 2.75) is 69.4 Å². The second kappa shape index (κ2) is 8.20. The molecule has 1 unspecified atom stereocenters. The van der Waals surface area contributed by atoms with E-state index in [1.54, 1.807) is 6.07 Å².